The second-order valence-corrected chi connectivity index (χ2v) is 5.53. The van der Waals surface area contributed by atoms with Gasteiger partial charge >= 0.3 is 5.97 Å². The molecule has 0 amide bonds. The van der Waals surface area contributed by atoms with Crippen LogP contribution < -0.4 is 4.74 Å². The highest BCUT2D eigenvalue weighted by Crippen LogP contribution is 2.28. The molecule has 0 fully saturated rings. The van der Waals surface area contributed by atoms with Crippen molar-refractivity contribution in [1.82, 2.24) is 0 Å². The van der Waals surface area contributed by atoms with Crippen molar-refractivity contribution >= 4 is 23.6 Å². The van der Waals surface area contributed by atoms with Gasteiger partial charge in [0.2, 0.25) is 5.90 Å². The first-order valence-corrected chi connectivity index (χ1v) is 8.07. The van der Waals surface area contributed by atoms with Crippen LogP contribution in [0.1, 0.15) is 24.5 Å². The molecule has 1 aliphatic rings. The number of nitro groups is 1. The number of esters is 1. The van der Waals surface area contributed by atoms with Crippen molar-refractivity contribution < 1.29 is 19.2 Å². The van der Waals surface area contributed by atoms with Crippen molar-refractivity contribution in [3.8, 4) is 5.75 Å². The van der Waals surface area contributed by atoms with E-state index in [9.17, 15) is 14.9 Å². The molecule has 0 unspecified atom stereocenters. The molecule has 0 saturated carbocycles. The number of nitro benzene ring substituents is 1. The molecule has 0 atom stereocenters. The summed E-state index contributed by atoms with van der Waals surface area (Å²) in [5.74, 6) is 0.0289. The molecule has 0 spiro atoms. The van der Waals surface area contributed by atoms with Crippen LogP contribution in [0.15, 0.2) is 59.2 Å². The molecule has 0 aromatic heterocycles. The van der Waals surface area contributed by atoms with E-state index in [4.69, 9.17) is 9.47 Å². The van der Waals surface area contributed by atoms with Gasteiger partial charge in [-0.25, -0.2) is 9.79 Å². The van der Waals surface area contributed by atoms with Gasteiger partial charge < -0.3 is 9.47 Å². The standard InChI is InChI=1S/C19H16N2O5/c1-2-10-25-17-9-8-15(21(23)24)11-14(17)12-16-19(22)26-18(20-16)13-6-4-3-5-7-13/h3-9,11-12H,2,10H2,1H3. The van der Waals surface area contributed by atoms with E-state index in [1.54, 1.807) is 12.1 Å². The number of cyclic esters (lactones) is 1. The maximum absolute atomic E-state index is 12.1. The van der Waals surface area contributed by atoms with Crippen LogP contribution in [0.2, 0.25) is 0 Å². The Morgan fingerprint density at radius 2 is 2.00 bits per heavy atom. The Kier molecular flexibility index (Phi) is 5.07. The van der Waals surface area contributed by atoms with Crippen LogP contribution in [0.5, 0.6) is 5.75 Å². The lowest BCUT2D eigenvalue weighted by Crippen LogP contribution is -2.05. The van der Waals surface area contributed by atoms with Crippen LogP contribution >= 0.6 is 0 Å². The molecule has 1 heterocycles. The van der Waals surface area contributed by atoms with Crippen LogP contribution in [0.3, 0.4) is 0 Å². The molecular weight excluding hydrogens is 336 g/mol. The minimum Gasteiger partial charge on any atom is -0.493 e. The van der Waals surface area contributed by atoms with Crippen LogP contribution in [0, 0.1) is 10.1 Å². The third-order valence-electron chi connectivity index (χ3n) is 3.60. The summed E-state index contributed by atoms with van der Waals surface area (Å²) in [4.78, 5) is 26.9. The highest BCUT2D eigenvalue weighted by molar-refractivity contribution is 6.12. The molecule has 0 saturated heterocycles. The van der Waals surface area contributed by atoms with E-state index in [1.807, 2.05) is 25.1 Å². The number of carbonyl (C=O) groups is 1. The number of nitrogens with zero attached hydrogens (tertiary/aromatic N) is 2. The summed E-state index contributed by atoms with van der Waals surface area (Å²) in [5.41, 5.74) is 1.04. The summed E-state index contributed by atoms with van der Waals surface area (Å²) in [6.45, 7) is 2.41. The Morgan fingerprint density at radius 1 is 1.23 bits per heavy atom. The number of hydrogen-bond donors (Lipinski definition) is 0. The van der Waals surface area contributed by atoms with E-state index in [-0.39, 0.29) is 17.3 Å². The Labute approximate surface area is 149 Å². The zero-order valence-corrected chi connectivity index (χ0v) is 14.0. The maximum Gasteiger partial charge on any atom is 0.363 e. The smallest absolute Gasteiger partial charge is 0.363 e. The number of benzene rings is 2. The summed E-state index contributed by atoms with van der Waals surface area (Å²) in [7, 11) is 0. The van der Waals surface area contributed by atoms with Crippen molar-refractivity contribution in [1.29, 1.82) is 0 Å². The minimum atomic E-state index is -0.614. The molecule has 1 aliphatic heterocycles. The number of aliphatic imine (C=N–C) groups is 1. The minimum absolute atomic E-state index is 0.0608. The monoisotopic (exact) mass is 352 g/mol. The van der Waals surface area contributed by atoms with Crippen molar-refractivity contribution in [3.63, 3.8) is 0 Å². The topological polar surface area (TPSA) is 91.0 Å². The van der Waals surface area contributed by atoms with Crippen molar-refractivity contribution in [2.75, 3.05) is 6.61 Å². The number of carbonyl (C=O) groups excluding carboxylic acids is 1. The molecule has 7 heteroatoms. The summed E-state index contributed by atoms with van der Waals surface area (Å²) >= 11 is 0. The van der Waals surface area contributed by atoms with Crippen molar-refractivity contribution in [2.45, 2.75) is 13.3 Å². The molecule has 26 heavy (non-hydrogen) atoms. The molecule has 0 aliphatic carbocycles. The highest BCUT2D eigenvalue weighted by atomic mass is 16.6. The van der Waals surface area contributed by atoms with Gasteiger partial charge in [-0.1, -0.05) is 25.1 Å². The molecular formula is C19H16N2O5. The van der Waals surface area contributed by atoms with Crippen molar-refractivity contribution in [3.05, 3.63) is 75.5 Å². The zero-order chi connectivity index (χ0) is 18.5. The Hall–Kier alpha value is -3.48. The Bertz CT molecular complexity index is 903. The summed E-state index contributed by atoms with van der Waals surface area (Å²) in [6, 6.07) is 13.2. The van der Waals surface area contributed by atoms with Gasteiger partial charge in [0.15, 0.2) is 5.70 Å². The predicted octanol–water partition coefficient (Wildman–Crippen LogP) is 3.73. The Balaban J connectivity index is 1.99. The quantitative estimate of drug-likeness (QED) is 0.342. The largest absolute Gasteiger partial charge is 0.493 e. The van der Waals surface area contributed by atoms with E-state index in [2.05, 4.69) is 4.99 Å². The maximum atomic E-state index is 12.1. The summed E-state index contributed by atoms with van der Waals surface area (Å²) < 4.78 is 10.8. The number of rotatable bonds is 6. The first kappa shape index (κ1) is 17.3. The van der Waals surface area contributed by atoms with E-state index >= 15 is 0 Å². The van der Waals surface area contributed by atoms with E-state index in [1.165, 1.54) is 24.3 Å². The third-order valence-corrected chi connectivity index (χ3v) is 3.60. The molecule has 2 aromatic carbocycles. The lowest BCUT2D eigenvalue weighted by molar-refractivity contribution is -0.384. The lowest BCUT2D eigenvalue weighted by atomic mass is 10.1. The fourth-order valence-corrected chi connectivity index (χ4v) is 2.37. The van der Waals surface area contributed by atoms with Gasteiger partial charge in [-0.05, 0) is 30.7 Å². The number of hydrogen-bond acceptors (Lipinski definition) is 6. The molecule has 0 N–H and O–H groups in total. The van der Waals surface area contributed by atoms with Gasteiger partial charge in [-0.3, -0.25) is 10.1 Å². The molecule has 132 valence electrons. The molecule has 0 radical (unpaired) electrons. The van der Waals surface area contributed by atoms with Crippen LogP contribution in [0.4, 0.5) is 5.69 Å². The van der Waals surface area contributed by atoms with Gasteiger partial charge in [0.25, 0.3) is 5.69 Å². The number of ether oxygens (including phenoxy) is 2. The summed E-state index contributed by atoms with van der Waals surface area (Å²) in [5, 5.41) is 11.0. The van der Waals surface area contributed by atoms with Crippen molar-refractivity contribution in [2.24, 2.45) is 4.99 Å². The molecule has 0 bridgehead atoms. The molecule has 2 aromatic rings. The fraction of sp³-hybridized carbons (Fsp3) is 0.158. The third kappa shape index (κ3) is 3.77. The van der Waals surface area contributed by atoms with Gasteiger partial charge in [-0.2, -0.15) is 0 Å². The summed E-state index contributed by atoms with van der Waals surface area (Å²) in [6.07, 6.45) is 2.22. The normalized spacial score (nSPS) is 14.9. The molecule has 7 nitrogen and oxygen atoms in total. The van der Waals surface area contributed by atoms with E-state index < -0.39 is 10.9 Å². The molecule has 3 rings (SSSR count). The van der Waals surface area contributed by atoms with E-state index in [0.717, 1.165) is 6.42 Å². The average molecular weight is 352 g/mol. The second kappa shape index (κ2) is 7.60. The van der Waals surface area contributed by atoms with Gasteiger partial charge in [-0.15, -0.1) is 0 Å². The van der Waals surface area contributed by atoms with E-state index in [0.29, 0.717) is 23.5 Å². The van der Waals surface area contributed by atoms with Crippen LogP contribution in [-0.2, 0) is 9.53 Å². The SMILES string of the molecule is CCCOc1ccc([N+](=O)[O-])cc1C=C1N=C(c2ccccc2)OC1=O. The second-order valence-electron chi connectivity index (χ2n) is 5.53. The Morgan fingerprint density at radius 3 is 2.69 bits per heavy atom. The van der Waals surface area contributed by atoms with Gasteiger partial charge in [0.1, 0.15) is 5.75 Å². The van der Waals surface area contributed by atoms with Crippen LogP contribution in [0.25, 0.3) is 6.08 Å². The lowest BCUT2D eigenvalue weighted by Gasteiger charge is -2.08. The first-order valence-electron chi connectivity index (χ1n) is 8.07. The fourth-order valence-electron chi connectivity index (χ4n) is 2.37. The first-order chi connectivity index (χ1) is 12.6. The number of non-ortho nitro benzene ring substituents is 1. The zero-order valence-electron chi connectivity index (χ0n) is 14.0. The van der Waals surface area contributed by atoms with Crippen LogP contribution in [-0.4, -0.2) is 23.4 Å². The van der Waals surface area contributed by atoms with Gasteiger partial charge in [0, 0.05) is 23.3 Å². The highest BCUT2D eigenvalue weighted by Gasteiger charge is 2.25. The predicted molar refractivity (Wildman–Crippen MR) is 95.9 cm³/mol. The van der Waals surface area contributed by atoms with Gasteiger partial charge in [0.05, 0.1) is 11.5 Å². The average Bonchev–Trinajstić information content (AvgIpc) is 3.02.